The summed E-state index contributed by atoms with van der Waals surface area (Å²) in [4.78, 5) is 11.7. The Morgan fingerprint density at radius 1 is 1.30 bits per heavy atom. The maximum Gasteiger partial charge on any atom is 0.456 e. The van der Waals surface area contributed by atoms with Crippen LogP contribution >= 0.6 is 19.5 Å². The molecule has 20 heavy (non-hydrogen) atoms. The highest BCUT2D eigenvalue weighted by molar-refractivity contribution is 8.13. The Hall–Kier alpha value is -0.810. The van der Waals surface area contributed by atoms with Gasteiger partial charge >= 0.3 is 7.75 Å². The van der Waals surface area contributed by atoms with Crippen LogP contribution in [0.5, 0.6) is 5.75 Å². The van der Waals surface area contributed by atoms with Crippen LogP contribution in [0.1, 0.15) is 20.8 Å². The van der Waals surface area contributed by atoms with Gasteiger partial charge in [0, 0.05) is 11.2 Å². The molecule has 1 rings (SSSR count). The average molecular weight is 317 g/mol. The predicted molar refractivity (Wildman–Crippen MR) is 81.7 cm³/mol. The van der Waals surface area contributed by atoms with Crippen LogP contribution in [0.2, 0.25) is 0 Å². The van der Waals surface area contributed by atoms with Crippen molar-refractivity contribution < 1.29 is 18.4 Å². The number of benzene rings is 1. The second-order valence-corrected chi connectivity index (χ2v) is 7.75. The van der Waals surface area contributed by atoms with Gasteiger partial charge in [0.05, 0.1) is 6.61 Å². The molecular weight excluding hydrogens is 297 g/mol. The number of rotatable bonds is 6. The highest BCUT2D eigenvalue weighted by atomic mass is 32.2. The quantitative estimate of drug-likeness (QED) is 0.639. The summed E-state index contributed by atoms with van der Waals surface area (Å²) in [6.07, 6.45) is 0. The van der Waals surface area contributed by atoms with Gasteiger partial charge in [-0.15, -0.1) is 0 Å². The van der Waals surface area contributed by atoms with Crippen LogP contribution in [-0.4, -0.2) is 17.5 Å². The fourth-order valence-electron chi connectivity index (χ4n) is 1.17. The number of thioether (sulfide) groups is 1. The van der Waals surface area contributed by atoms with Gasteiger partial charge in [0.1, 0.15) is 5.75 Å². The molecule has 0 amide bonds. The van der Waals surface area contributed by atoms with Crippen LogP contribution in [0.25, 0.3) is 0 Å². The third kappa shape index (κ3) is 6.57. The average Bonchev–Trinajstić information content (AvgIpc) is 2.34. The fourth-order valence-corrected chi connectivity index (χ4v) is 2.89. The molecule has 1 aromatic rings. The van der Waals surface area contributed by atoms with Crippen molar-refractivity contribution in [3.8, 4) is 5.75 Å². The molecule has 2 N–H and O–H groups in total. The maximum atomic E-state index is 11.9. The Morgan fingerprint density at radius 2 is 1.90 bits per heavy atom. The molecular formula is C13H20NO4PS. The zero-order valence-electron chi connectivity index (χ0n) is 11.9. The lowest BCUT2D eigenvalue weighted by Crippen LogP contribution is -2.17. The summed E-state index contributed by atoms with van der Waals surface area (Å²) in [6.45, 7) is 5.62. The number of carbonyl (C=O) groups is 1. The lowest BCUT2D eigenvalue weighted by atomic mass is 10.00. The lowest BCUT2D eigenvalue weighted by Gasteiger charge is -2.16. The van der Waals surface area contributed by atoms with Crippen LogP contribution in [0.4, 0.5) is 0 Å². The van der Waals surface area contributed by atoms with Gasteiger partial charge in [-0.2, -0.15) is 0 Å². The third-order valence-corrected chi connectivity index (χ3v) is 4.43. The van der Waals surface area contributed by atoms with Gasteiger partial charge in [-0.3, -0.25) is 9.32 Å². The smallest absolute Gasteiger partial charge is 0.413 e. The first-order valence-corrected chi connectivity index (χ1v) is 8.75. The molecule has 0 heterocycles. The molecule has 0 bridgehead atoms. The molecule has 1 unspecified atom stereocenters. The number of hydrogen-bond donors (Lipinski definition) is 1. The van der Waals surface area contributed by atoms with Gasteiger partial charge in [0.25, 0.3) is 0 Å². The van der Waals surface area contributed by atoms with Crippen molar-refractivity contribution >= 4 is 24.6 Å². The summed E-state index contributed by atoms with van der Waals surface area (Å²) in [6, 6.07) is 8.58. The number of nitrogens with two attached hydrogens (primary N) is 1. The summed E-state index contributed by atoms with van der Waals surface area (Å²) in [5, 5.41) is 0.0527. The zero-order valence-corrected chi connectivity index (χ0v) is 13.6. The topological polar surface area (TPSA) is 78.6 Å². The molecule has 0 aromatic heterocycles. The standard InChI is InChI=1S/C13H20NO4PS/c1-13(2,3)12(15)20-10-9-17-19(14,16)18-11-7-5-4-6-8-11/h4-8H,9-10H2,1-3H3,(H2,14,16). The minimum Gasteiger partial charge on any atom is -0.413 e. The number of carbonyl (C=O) groups excluding carboxylic acids is 1. The van der Waals surface area contributed by atoms with Gasteiger partial charge in [-0.25, -0.2) is 10.1 Å². The Balaban J connectivity index is 2.34. The molecule has 0 radical (unpaired) electrons. The zero-order chi connectivity index (χ0) is 15.2. The van der Waals surface area contributed by atoms with Gasteiger partial charge in [-0.05, 0) is 12.1 Å². The maximum absolute atomic E-state index is 11.9. The van der Waals surface area contributed by atoms with E-state index in [2.05, 4.69) is 0 Å². The molecule has 0 fully saturated rings. The van der Waals surface area contributed by atoms with Crippen molar-refractivity contribution in [3.05, 3.63) is 30.3 Å². The number of hydrogen-bond acceptors (Lipinski definition) is 5. The highest BCUT2D eigenvalue weighted by Gasteiger charge is 2.23. The van der Waals surface area contributed by atoms with Crippen molar-refractivity contribution in [2.24, 2.45) is 10.9 Å². The van der Waals surface area contributed by atoms with E-state index in [0.29, 0.717) is 11.5 Å². The van der Waals surface area contributed by atoms with Crippen LogP contribution < -0.4 is 10.0 Å². The first-order valence-electron chi connectivity index (χ1n) is 6.16. The summed E-state index contributed by atoms with van der Waals surface area (Å²) in [7, 11) is -3.64. The Labute approximate surface area is 123 Å². The van der Waals surface area contributed by atoms with E-state index >= 15 is 0 Å². The van der Waals surface area contributed by atoms with Crippen LogP contribution in [0.3, 0.4) is 0 Å². The molecule has 0 spiro atoms. The van der Waals surface area contributed by atoms with E-state index in [0.717, 1.165) is 11.8 Å². The minimum atomic E-state index is -3.64. The Bertz CT molecular complexity index is 487. The molecule has 1 atom stereocenters. The molecule has 0 aliphatic heterocycles. The third-order valence-electron chi connectivity index (χ3n) is 2.18. The van der Waals surface area contributed by atoms with Crippen molar-refractivity contribution in [2.45, 2.75) is 20.8 Å². The number of para-hydroxylation sites is 1. The van der Waals surface area contributed by atoms with Crippen LogP contribution in [0.15, 0.2) is 30.3 Å². The van der Waals surface area contributed by atoms with Crippen molar-refractivity contribution in [3.63, 3.8) is 0 Å². The predicted octanol–water partition coefficient (Wildman–Crippen LogP) is 3.45. The van der Waals surface area contributed by atoms with Crippen molar-refractivity contribution in [1.82, 2.24) is 0 Å². The molecule has 0 saturated heterocycles. The molecule has 0 aliphatic rings. The van der Waals surface area contributed by atoms with E-state index in [4.69, 9.17) is 14.6 Å². The summed E-state index contributed by atoms with van der Waals surface area (Å²) >= 11 is 1.13. The molecule has 1 aromatic carbocycles. The van der Waals surface area contributed by atoms with E-state index in [1.807, 2.05) is 26.8 Å². The first-order chi connectivity index (χ1) is 9.21. The van der Waals surface area contributed by atoms with E-state index in [1.54, 1.807) is 24.3 Å². The summed E-state index contributed by atoms with van der Waals surface area (Å²) < 4.78 is 22.0. The molecule has 0 saturated carbocycles. The van der Waals surface area contributed by atoms with E-state index in [-0.39, 0.29) is 11.7 Å². The second kappa shape index (κ2) is 7.27. The van der Waals surface area contributed by atoms with Crippen molar-refractivity contribution in [2.75, 3.05) is 12.4 Å². The molecule has 7 heteroatoms. The molecule has 112 valence electrons. The normalized spacial score (nSPS) is 14.6. The van der Waals surface area contributed by atoms with Crippen LogP contribution in [0, 0.1) is 5.41 Å². The second-order valence-electron chi connectivity index (χ2n) is 5.16. The minimum absolute atomic E-state index is 0.0527. The van der Waals surface area contributed by atoms with E-state index in [9.17, 15) is 9.36 Å². The van der Waals surface area contributed by atoms with E-state index < -0.39 is 13.2 Å². The Kier molecular flexibility index (Phi) is 6.27. The van der Waals surface area contributed by atoms with Crippen LogP contribution in [-0.2, 0) is 13.9 Å². The Morgan fingerprint density at radius 3 is 2.45 bits per heavy atom. The first kappa shape index (κ1) is 17.2. The highest BCUT2D eigenvalue weighted by Crippen LogP contribution is 2.40. The van der Waals surface area contributed by atoms with Gasteiger partial charge in [-0.1, -0.05) is 50.7 Å². The van der Waals surface area contributed by atoms with Gasteiger partial charge in [0.15, 0.2) is 5.12 Å². The van der Waals surface area contributed by atoms with Crippen molar-refractivity contribution in [1.29, 1.82) is 0 Å². The molecule has 5 nitrogen and oxygen atoms in total. The summed E-state index contributed by atoms with van der Waals surface area (Å²) in [5.74, 6) is 0.770. The largest absolute Gasteiger partial charge is 0.456 e. The SMILES string of the molecule is CC(C)(C)C(=O)SCCOP(N)(=O)Oc1ccccc1. The molecule has 0 aliphatic carbocycles. The summed E-state index contributed by atoms with van der Waals surface area (Å²) in [5.41, 5.74) is 5.06. The van der Waals surface area contributed by atoms with Gasteiger partial charge < -0.3 is 4.52 Å². The lowest BCUT2D eigenvalue weighted by molar-refractivity contribution is -0.117. The van der Waals surface area contributed by atoms with E-state index in [1.165, 1.54) is 0 Å². The monoisotopic (exact) mass is 317 g/mol. The van der Waals surface area contributed by atoms with Gasteiger partial charge in [0.2, 0.25) is 0 Å². The fraction of sp³-hybridized carbons (Fsp3) is 0.462.